The summed E-state index contributed by atoms with van der Waals surface area (Å²) < 4.78 is 7.35. The van der Waals surface area contributed by atoms with Gasteiger partial charge in [-0.2, -0.15) is 0 Å². The number of ether oxygens (including phenoxy) is 1. The summed E-state index contributed by atoms with van der Waals surface area (Å²) >= 11 is 0. The quantitative estimate of drug-likeness (QED) is 0.733. The van der Waals surface area contributed by atoms with Crippen molar-refractivity contribution in [2.75, 3.05) is 44.2 Å². The molecule has 0 atom stereocenters. The van der Waals surface area contributed by atoms with Crippen LogP contribution >= 0.6 is 0 Å². The van der Waals surface area contributed by atoms with E-state index in [0.29, 0.717) is 0 Å². The maximum absolute atomic E-state index is 12.9. The molecule has 0 amide bonds. The Morgan fingerprint density at radius 1 is 1.00 bits per heavy atom. The zero-order valence-corrected chi connectivity index (χ0v) is 17.4. The van der Waals surface area contributed by atoms with Gasteiger partial charge in [0.2, 0.25) is 0 Å². The van der Waals surface area contributed by atoms with Gasteiger partial charge in [0.15, 0.2) is 0 Å². The molecule has 0 spiro atoms. The third-order valence-electron chi connectivity index (χ3n) is 5.39. The van der Waals surface area contributed by atoms with E-state index in [1.165, 1.54) is 0 Å². The molecule has 1 aliphatic rings. The first-order chi connectivity index (χ1) is 13.9. The number of aliphatic hydroxyl groups excluding tert-OH is 1. The van der Waals surface area contributed by atoms with Crippen LogP contribution in [0.5, 0.6) is 0 Å². The highest BCUT2D eigenvalue weighted by molar-refractivity contribution is 6.13. The molecule has 154 valence electrons. The number of piperazine rings is 1. The minimum Gasteiger partial charge on any atom is -0.443 e. The lowest BCUT2D eigenvalue weighted by molar-refractivity contribution is 0.0551. The van der Waals surface area contributed by atoms with E-state index in [4.69, 9.17) is 9.84 Å². The highest BCUT2D eigenvalue weighted by Crippen LogP contribution is 2.33. The topological polar surface area (TPSA) is 57.9 Å². The van der Waals surface area contributed by atoms with Crippen molar-refractivity contribution in [2.45, 2.75) is 26.4 Å². The summed E-state index contributed by atoms with van der Waals surface area (Å²) in [6, 6.07) is 14.3. The molecule has 6 nitrogen and oxygen atoms in total. The molecule has 0 unspecified atom stereocenters. The van der Waals surface area contributed by atoms with Gasteiger partial charge in [-0.25, -0.2) is 9.36 Å². The van der Waals surface area contributed by atoms with Gasteiger partial charge >= 0.3 is 6.09 Å². The van der Waals surface area contributed by atoms with Crippen molar-refractivity contribution in [1.29, 1.82) is 0 Å². The molecule has 0 radical (unpaired) electrons. The van der Waals surface area contributed by atoms with Gasteiger partial charge in [-0.15, -0.1) is 0 Å². The summed E-state index contributed by atoms with van der Waals surface area (Å²) in [5, 5.41) is 11.3. The highest BCUT2D eigenvalue weighted by Gasteiger charge is 2.23. The molecule has 6 heteroatoms. The Bertz CT molecular complexity index is 1030. The van der Waals surface area contributed by atoms with E-state index < -0.39 is 5.60 Å². The number of aliphatic hydroxyl groups is 1. The largest absolute Gasteiger partial charge is 0.443 e. The van der Waals surface area contributed by atoms with E-state index in [1.54, 1.807) is 4.57 Å². The number of benzene rings is 2. The van der Waals surface area contributed by atoms with Gasteiger partial charge in [-0.3, -0.25) is 4.90 Å². The van der Waals surface area contributed by atoms with Crippen LogP contribution in [0.4, 0.5) is 10.5 Å². The van der Waals surface area contributed by atoms with Crippen LogP contribution in [-0.2, 0) is 4.74 Å². The molecular weight excluding hydrogens is 366 g/mol. The second-order valence-corrected chi connectivity index (χ2v) is 8.59. The molecule has 1 aromatic heterocycles. The standard InChI is InChI=1S/C23H29N3O3/c1-23(2,3)29-22(28)26-20-7-5-4-6-18(20)19-16-17(8-9-21(19)26)25-12-10-24(11-13-25)14-15-27/h4-9,16,27H,10-15H2,1-3H3. The average molecular weight is 396 g/mol. The molecular formula is C23H29N3O3. The smallest absolute Gasteiger partial charge is 0.419 e. The normalized spacial score (nSPS) is 15.9. The number of para-hydroxylation sites is 1. The van der Waals surface area contributed by atoms with E-state index >= 15 is 0 Å². The fourth-order valence-electron chi connectivity index (χ4n) is 4.03. The Hall–Kier alpha value is -2.57. The van der Waals surface area contributed by atoms with Gasteiger partial charge in [-0.05, 0) is 45.0 Å². The van der Waals surface area contributed by atoms with Crippen molar-refractivity contribution < 1.29 is 14.6 Å². The van der Waals surface area contributed by atoms with Crippen LogP contribution in [0.2, 0.25) is 0 Å². The molecule has 1 fully saturated rings. The van der Waals surface area contributed by atoms with Crippen molar-refractivity contribution in [3.8, 4) is 0 Å². The van der Waals surface area contributed by atoms with Crippen LogP contribution in [0.25, 0.3) is 21.8 Å². The molecule has 0 saturated carbocycles. The summed E-state index contributed by atoms with van der Waals surface area (Å²) in [5.74, 6) is 0. The Balaban J connectivity index is 1.72. The van der Waals surface area contributed by atoms with Gasteiger partial charge in [-0.1, -0.05) is 18.2 Å². The van der Waals surface area contributed by atoms with Gasteiger partial charge in [0, 0.05) is 49.2 Å². The predicted molar refractivity (Wildman–Crippen MR) is 117 cm³/mol. The van der Waals surface area contributed by atoms with Gasteiger partial charge in [0.05, 0.1) is 17.6 Å². The maximum Gasteiger partial charge on any atom is 0.419 e. The molecule has 4 rings (SSSR count). The maximum atomic E-state index is 12.9. The summed E-state index contributed by atoms with van der Waals surface area (Å²) in [6.07, 6.45) is -0.353. The zero-order valence-electron chi connectivity index (χ0n) is 17.4. The lowest BCUT2D eigenvalue weighted by Gasteiger charge is -2.35. The number of hydrogen-bond acceptors (Lipinski definition) is 5. The Morgan fingerprint density at radius 3 is 2.38 bits per heavy atom. The van der Waals surface area contributed by atoms with Crippen molar-refractivity contribution >= 4 is 33.6 Å². The van der Waals surface area contributed by atoms with Crippen LogP contribution in [0.15, 0.2) is 42.5 Å². The number of aromatic nitrogens is 1. The Labute approximate surface area is 171 Å². The van der Waals surface area contributed by atoms with E-state index in [-0.39, 0.29) is 12.7 Å². The molecule has 1 N–H and O–H groups in total. The van der Waals surface area contributed by atoms with Crippen LogP contribution in [0.1, 0.15) is 20.8 Å². The number of nitrogens with zero attached hydrogens (tertiary/aromatic N) is 3. The summed E-state index contributed by atoms with van der Waals surface area (Å²) in [6.45, 7) is 10.3. The number of fused-ring (bicyclic) bond motifs is 3. The molecule has 0 aliphatic carbocycles. The lowest BCUT2D eigenvalue weighted by Crippen LogP contribution is -2.47. The third kappa shape index (κ3) is 3.95. The number of hydrogen-bond donors (Lipinski definition) is 1. The molecule has 2 heterocycles. The SMILES string of the molecule is CC(C)(C)OC(=O)n1c2ccccc2c2cc(N3CCN(CCO)CC3)ccc21. The lowest BCUT2D eigenvalue weighted by atomic mass is 10.1. The number of β-amino-alcohol motifs (C(OH)–C–C–N with tert-alkyl or cyclic N) is 1. The first-order valence-corrected chi connectivity index (χ1v) is 10.2. The fourth-order valence-corrected chi connectivity index (χ4v) is 4.03. The third-order valence-corrected chi connectivity index (χ3v) is 5.39. The van der Waals surface area contributed by atoms with Crippen molar-refractivity contribution in [1.82, 2.24) is 9.47 Å². The van der Waals surface area contributed by atoms with Crippen molar-refractivity contribution in [3.63, 3.8) is 0 Å². The first kappa shape index (κ1) is 19.7. The van der Waals surface area contributed by atoms with Crippen LogP contribution in [0.3, 0.4) is 0 Å². The Kier molecular flexibility index (Phi) is 5.23. The van der Waals surface area contributed by atoms with Crippen LogP contribution < -0.4 is 4.90 Å². The first-order valence-electron chi connectivity index (χ1n) is 10.2. The highest BCUT2D eigenvalue weighted by atomic mass is 16.6. The van der Waals surface area contributed by atoms with Gasteiger partial charge in [0.25, 0.3) is 0 Å². The monoisotopic (exact) mass is 395 g/mol. The number of anilines is 1. The van der Waals surface area contributed by atoms with Crippen molar-refractivity contribution in [2.24, 2.45) is 0 Å². The van der Waals surface area contributed by atoms with Gasteiger partial charge < -0.3 is 14.7 Å². The van der Waals surface area contributed by atoms with E-state index in [0.717, 1.165) is 60.2 Å². The zero-order chi connectivity index (χ0) is 20.6. The summed E-state index contributed by atoms with van der Waals surface area (Å²) in [4.78, 5) is 17.6. The average Bonchev–Trinajstić information content (AvgIpc) is 3.01. The molecule has 1 saturated heterocycles. The van der Waals surface area contributed by atoms with E-state index in [9.17, 15) is 4.79 Å². The van der Waals surface area contributed by atoms with Crippen LogP contribution in [-0.4, -0.2) is 65.6 Å². The van der Waals surface area contributed by atoms with E-state index in [2.05, 4.69) is 28.0 Å². The second kappa shape index (κ2) is 7.69. The number of carbonyl (C=O) groups is 1. The molecule has 1 aliphatic heterocycles. The fraction of sp³-hybridized carbons (Fsp3) is 0.435. The predicted octanol–water partition coefficient (Wildman–Crippen LogP) is 3.69. The molecule has 3 aromatic rings. The van der Waals surface area contributed by atoms with Crippen molar-refractivity contribution in [3.05, 3.63) is 42.5 Å². The van der Waals surface area contributed by atoms with Crippen LogP contribution in [0, 0.1) is 0 Å². The molecule has 29 heavy (non-hydrogen) atoms. The summed E-state index contributed by atoms with van der Waals surface area (Å²) in [7, 11) is 0. The molecule has 0 bridgehead atoms. The molecule has 2 aromatic carbocycles. The minimum atomic E-state index is -0.553. The number of carbonyl (C=O) groups excluding carboxylic acids is 1. The summed E-state index contributed by atoms with van der Waals surface area (Å²) in [5.41, 5.74) is 2.33. The Morgan fingerprint density at radius 2 is 1.69 bits per heavy atom. The van der Waals surface area contributed by atoms with E-state index in [1.807, 2.05) is 45.0 Å². The minimum absolute atomic E-state index is 0.204. The number of rotatable bonds is 3. The van der Waals surface area contributed by atoms with Gasteiger partial charge in [0.1, 0.15) is 5.60 Å². The second-order valence-electron chi connectivity index (χ2n) is 8.59.